The monoisotopic (exact) mass is 270 g/mol. The van der Waals surface area contributed by atoms with Gasteiger partial charge in [0.2, 0.25) is 0 Å². The highest BCUT2D eigenvalue weighted by molar-refractivity contribution is 4.57. The Bertz CT molecular complexity index is 161. The first kappa shape index (κ1) is 18.9. The molecule has 0 aliphatic rings. The molecule has 0 heterocycles. The lowest BCUT2D eigenvalue weighted by molar-refractivity contribution is 0.356. The normalized spacial score (nSPS) is 11.4. The zero-order valence-electron chi connectivity index (χ0n) is 13.5. The minimum Gasteiger partial charge on any atom is -0.785 e. The van der Waals surface area contributed by atoms with Gasteiger partial charge in [0, 0.05) is 0 Å². The maximum absolute atomic E-state index is 11.4. The van der Waals surface area contributed by atoms with Crippen molar-refractivity contribution in [2.45, 2.75) is 97.3 Å². The van der Waals surface area contributed by atoms with Crippen LogP contribution in [0.25, 0.3) is 0 Å². The van der Waals surface area contributed by atoms with E-state index in [1.807, 2.05) is 0 Å². The summed E-state index contributed by atoms with van der Waals surface area (Å²) in [6.45, 7) is 5.88. The summed E-state index contributed by atoms with van der Waals surface area (Å²) < 4.78 is 0. The molecule has 0 aliphatic heterocycles. The van der Waals surface area contributed by atoms with Crippen LogP contribution in [0.4, 0.5) is 0 Å². The van der Waals surface area contributed by atoms with Gasteiger partial charge in [-0.2, -0.15) is 0 Å². The van der Waals surface area contributed by atoms with Crippen LogP contribution in [0.3, 0.4) is 0 Å². The summed E-state index contributed by atoms with van der Waals surface area (Å²) in [5, 5.41) is 12.6. The van der Waals surface area contributed by atoms with Crippen LogP contribution in [-0.4, -0.2) is 18.2 Å². The van der Waals surface area contributed by atoms with Crippen LogP contribution in [-0.2, 0) is 0 Å². The van der Waals surface area contributed by atoms with Gasteiger partial charge in [0.25, 0.3) is 0 Å². The molecule has 0 aromatic rings. The van der Waals surface area contributed by atoms with E-state index in [4.69, 9.17) is 0 Å². The fraction of sp³-hybridized carbons (Fsp3) is 1.00. The van der Waals surface area contributed by atoms with Crippen molar-refractivity contribution in [3.63, 3.8) is 0 Å². The second-order valence-electron chi connectivity index (χ2n) is 5.82. The number of hydroxylamine groups is 2. The molecular weight excluding hydrogens is 234 g/mol. The molecule has 19 heavy (non-hydrogen) atoms. The lowest BCUT2D eigenvalue weighted by Gasteiger charge is -2.27. The summed E-state index contributed by atoms with van der Waals surface area (Å²) in [6, 6.07) is 0. The number of unbranched alkanes of at least 4 members (excludes halogenated alkanes) is 11. The Morgan fingerprint density at radius 3 is 1.37 bits per heavy atom. The quantitative estimate of drug-likeness (QED) is 0.273. The first-order chi connectivity index (χ1) is 9.31. The molecule has 0 aliphatic carbocycles. The average molecular weight is 270 g/mol. The van der Waals surface area contributed by atoms with Gasteiger partial charge in [-0.1, -0.05) is 84.5 Å². The van der Waals surface area contributed by atoms with Crippen molar-refractivity contribution >= 4 is 0 Å². The molecule has 2 heteroatoms. The van der Waals surface area contributed by atoms with Crippen molar-refractivity contribution < 1.29 is 0 Å². The van der Waals surface area contributed by atoms with Gasteiger partial charge in [-0.3, -0.25) is 0 Å². The van der Waals surface area contributed by atoms with E-state index >= 15 is 0 Å². The minimum atomic E-state index is 0.730. The average Bonchev–Trinajstić information content (AvgIpc) is 2.42. The van der Waals surface area contributed by atoms with E-state index < -0.39 is 0 Å². The van der Waals surface area contributed by atoms with Crippen LogP contribution in [0.2, 0.25) is 0 Å². The molecule has 0 atom stereocenters. The standard InChI is InChI=1S/C17H36NO/c1-3-5-7-8-9-10-11-12-13-14-15-17-18(19)16-6-4-2/h3-17H2,1-2H3/q-1. The largest absolute Gasteiger partial charge is 0.785 e. The van der Waals surface area contributed by atoms with Crippen molar-refractivity contribution in [2.24, 2.45) is 0 Å². The summed E-state index contributed by atoms with van der Waals surface area (Å²) in [5.74, 6) is 0. The van der Waals surface area contributed by atoms with Gasteiger partial charge in [0.15, 0.2) is 0 Å². The maximum Gasteiger partial charge on any atom is -0.0145 e. The van der Waals surface area contributed by atoms with Crippen LogP contribution in [0, 0.1) is 5.21 Å². The van der Waals surface area contributed by atoms with E-state index in [9.17, 15) is 5.21 Å². The van der Waals surface area contributed by atoms with Gasteiger partial charge < -0.3 is 10.3 Å². The van der Waals surface area contributed by atoms with E-state index in [0.29, 0.717) is 0 Å². The molecule has 0 saturated carbocycles. The highest BCUT2D eigenvalue weighted by Gasteiger charge is 1.94. The zero-order chi connectivity index (χ0) is 14.2. The lowest BCUT2D eigenvalue weighted by Crippen LogP contribution is -2.18. The third kappa shape index (κ3) is 15.9. The molecule has 0 bridgehead atoms. The number of rotatable bonds is 15. The molecule has 0 rings (SSSR count). The molecular formula is C17H36NO-. The van der Waals surface area contributed by atoms with Gasteiger partial charge in [-0.25, -0.2) is 0 Å². The fourth-order valence-corrected chi connectivity index (χ4v) is 2.40. The Kier molecular flexibility index (Phi) is 15.9. The van der Waals surface area contributed by atoms with Crippen molar-refractivity contribution in [2.75, 3.05) is 13.1 Å². The summed E-state index contributed by atoms with van der Waals surface area (Å²) in [4.78, 5) is 0. The van der Waals surface area contributed by atoms with E-state index in [0.717, 1.165) is 32.4 Å². The molecule has 2 nitrogen and oxygen atoms in total. The van der Waals surface area contributed by atoms with Gasteiger partial charge in [-0.15, -0.1) is 0 Å². The minimum absolute atomic E-state index is 0.730. The van der Waals surface area contributed by atoms with Crippen molar-refractivity contribution in [1.29, 1.82) is 0 Å². The lowest BCUT2D eigenvalue weighted by atomic mass is 10.1. The first-order valence-corrected chi connectivity index (χ1v) is 8.73. The molecule has 0 fully saturated rings. The van der Waals surface area contributed by atoms with Crippen LogP contribution in [0.1, 0.15) is 97.3 Å². The summed E-state index contributed by atoms with van der Waals surface area (Å²) in [5.41, 5.74) is 0. The topological polar surface area (TPSA) is 26.3 Å². The van der Waals surface area contributed by atoms with Crippen LogP contribution in [0.15, 0.2) is 0 Å². The van der Waals surface area contributed by atoms with Crippen LogP contribution in [0.5, 0.6) is 0 Å². The summed E-state index contributed by atoms with van der Waals surface area (Å²) in [6.07, 6.45) is 17.0. The van der Waals surface area contributed by atoms with Crippen molar-refractivity contribution in [3.05, 3.63) is 5.21 Å². The highest BCUT2D eigenvalue weighted by Crippen LogP contribution is 2.11. The van der Waals surface area contributed by atoms with Gasteiger partial charge in [0.1, 0.15) is 0 Å². The zero-order valence-corrected chi connectivity index (χ0v) is 13.5. The second kappa shape index (κ2) is 16.0. The predicted octanol–water partition coefficient (Wildman–Crippen LogP) is 5.90. The summed E-state index contributed by atoms with van der Waals surface area (Å²) in [7, 11) is 0. The molecule has 116 valence electrons. The summed E-state index contributed by atoms with van der Waals surface area (Å²) >= 11 is 0. The highest BCUT2D eigenvalue weighted by atomic mass is 16.5. The molecule has 0 aromatic heterocycles. The smallest absolute Gasteiger partial charge is 0.0145 e. The Morgan fingerprint density at radius 1 is 0.526 bits per heavy atom. The molecule has 0 amide bonds. The Morgan fingerprint density at radius 2 is 0.895 bits per heavy atom. The van der Waals surface area contributed by atoms with Crippen LogP contribution >= 0.6 is 0 Å². The molecule has 0 saturated heterocycles. The van der Waals surface area contributed by atoms with Gasteiger partial charge in [-0.05, 0) is 25.9 Å². The third-order valence-electron chi connectivity index (χ3n) is 3.77. The van der Waals surface area contributed by atoms with Gasteiger partial charge >= 0.3 is 0 Å². The molecule has 0 radical (unpaired) electrons. The van der Waals surface area contributed by atoms with E-state index in [1.54, 1.807) is 0 Å². The fourth-order valence-electron chi connectivity index (χ4n) is 2.40. The molecule has 0 unspecified atom stereocenters. The molecule has 0 N–H and O–H groups in total. The van der Waals surface area contributed by atoms with Gasteiger partial charge in [0.05, 0.1) is 0 Å². The molecule has 0 aromatic carbocycles. The number of nitrogens with zero attached hydrogens (tertiary/aromatic N) is 1. The third-order valence-corrected chi connectivity index (χ3v) is 3.77. The second-order valence-corrected chi connectivity index (χ2v) is 5.82. The Balaban J connectivity index is 3.02. The van der Waals surface area contributed by atoms with E-state index in [2.05, 4.69) is 13.8 Å². The number of hydrogen-bond donors (Lipinski definition) is 0. The van der Waals surface area contributed by atoms with Crippen molar-refractivity contribution in [3.8, 4) is 0 Å². The Hall–Kier alpha value is -0.0800. The Labute approximate surface area is 121 Å². The molecule has 0 spiro atoms. The first-order valence-electron chi connectivity index (χ1n) is 8.73. The maximum atomic E-state index is 11.4. The number of hydrogen-bond acceptors (Lipinski definition) is 2. The van der Waals surface area contributed by atoms with Crippen molar-refractivity contribution in [1.82, 2.24) is 5.06 Å². The van der Waals surface area contributed by atoms with Crippen LogP contribution < -0.4 is 0 Å². The predicted molar refractivity (Wildman–Crippen MR) is 86.3 cm³/mol. The van der Waals surface area contributed by atoms with E-state index in [1.165, 1.54) is 69.3 Å². The van der Waals surface area contributed by atoms with E-state index in [-0.39, 0.29) is 0 Å². The SMILES string of the molecule is CCCCCCCCCCCCCN([O-])CCCC.